The van der Waals surface area contributed by atoms with Gasteiger partial charge in [-0.2, -0.15) is 0 Å². The monoisotopic (exact) mass is 446 g/mol. The number of rotatable bonds is 4. The predicted molar refractivity (Wildman–Crippen MR) is 120 cm³/mol. The number of imide groups is 1. The van der Waals surface area contributed by atoms with Gasteiger partial charge in [-0.05, 0) is 49.4 Å². The van der Waals surface area contributed by atoms with E-state index in [1.165, 1.54) is 26.0 Å². The standard InChI is InChI=1S/C25H22N2O6/c1-13(28)23-22-21(20-10-4-15-12-18(32-3)9-11-19(15)27(20)23)24(30)26(25(22)31)16-5-7-17(8-6-16)33-14(2)29/h4-12,20-23H,1-3H3/t20-,21+,22-,23-/m0/s1. The molecule has 3 aliphatic rings. The Hall–Kier alpha value is -3.94. The van der Waals surface area contributed by atoms with Crippen molar-refractivity contribution in [1.29, 1.82) is 0 Å². The highest BCUT2D eigenvalue weighted by Gasteiger charge is 2.63. The molecule has 2 aromatic rings. The second-order valence-electron chi connectivity index (χ2n) is 8.39. The van der Waals surface area contributed by atoms with E-state index >= 15 is 0 Å². The third-order valence-electron chi connectivity index (χ3n) is 6.49. The minimum atomic E-state index is -0.786. The summed E-state index contributed by atoms with van der Waals surface area (Å²) in [4.78, 5) is 54.1. The molecule has 33 heavy (non-hydrogen) atoms. The van der Waals surface area contributed by atoms with Crippen molar-refractivity contribution >= 4 is 41.0 Å². The molecule has 3 aliphatic heterocycles. The molecule has 0 unspecified atom stereocenters. The summed E-state index contributed by atoms with van der Waals surface area (Å²) in [6, 6.07) is 10.6. The molecule has 2 amide bonds. The molecule has 2 aromatic carbocycles. The number of nitrogens with zero attached hydrogens (tertiary/aromatic N) is 2. The van der Waals surface area contributed by atoms with E-state index in [0.29, 0.717) is 17.2 Å². The molecule has 168 valence electrons. The molecule has 2 saturated heterocycles. The van der Waals surface area contributed by atoms with Crippen molar-refractivity contribution in [3.05, 3.63) is 54.1 Å². The molecule has 0 radical (unpaired) electrons. The number of ether oxygens (including phenoxy) is 2. The lowest BCUT2D eigenvalue weighted by Gasteiger charge is -2.36. The molecule has 0 bridgehead atoms. The Morgan fingerprint density at radius 1 is 0.909 bits per heavy atom. The van der Waals surface area contributed by atoms with E-state index in [2.05, 4.69) is 0 Å². The van der Waals surface area contributed by atoms with Crippen molar-refractivity contribution < 1.29 is 28.7 Å². The van der Waals surface area contributed by atoms with Crippen LogP contribution in [-0.4, -0.2) is 42.8 Å². The lowest BCUT2D eigenvalue weighted by molar-refractivity contribution is -0.132. The van der Waals surface area contributed by atoms with Crippen molar-refractivity contribution in [2.24, 2.45) is 11.8 Å². The molecule has 0 aromatic heterocycles. The van der Waals surface area contributed by atoms with Crippen LogP contribution in [0.4, 0.5) is 11.4 Å². The van der Waals surface area contributed by atoms with Gasteiger partial charge in [-0.15, -0.1) is 0 Å². The van der Waals surface area contributed by atoms with Crippen LogP contribution in [0.25, 0.3) is 6.08 Å². The maximum absolute atomic E-state index is 13.5. The summed E-state index contributed by atoms with van der Waals surface area (Å²) < 4.78 is 10.3. The highest BCUT2D eigenvalue weighted by molar-refractivity contribution is 6.24. The topological polar surface area (TPSA) is 93.2 Å². The summed E-state index contributed by atoms with van der Waals surface area (Å²) in [5, 5.41) is 0. The summed E-state index contributed by atoms with van der Waals surface area (Å²) in [7, 11) is 1.58. The Morgan fingerprint density at radius 2 is 1.58 bits per heavy atom. The van der Waals surface area contributed by atoms with Gasteiger partial charge < -0.3 is 14.4 Å². The number of carbonyl (C=O) groups is 4. The van der Waals surface area contributed by atoms with E-state index < -0.39 is 35.8 Å². The average Bonchev–Trinajstić information content (AvgIpc) is 3.26. The molecule has 5 rings (SSSR count). The number of hydrogen-bond donors (Lipinski definition) is 0. The Bertz CT molecular complexity index is 1220. The summed E-state index contributed by atoms with van der Waals surface area (Å²) >= 11 is 0. The quantitative estimate of drug-likeness (QED) is 0.405. The van der Waals surface area contributed by atoms with Crippen LogP contribution in [0.3, 0.4) is 0 Å². The fourth-order valence-electron chi connectivity index (χ4n) is 5.22. The van der Waals surface area contributed by atoms with Crippen LogP contribution in [0.1, 0.15) is 19.4 Å². The van der Waals surface area contributed by atoms with Gasteiger partial charge >= 0.3 is 5.97 Å². The van der Waals surface area contributed by atoms with Gasteiger partial charge in [0.15, 0.2) is 5.78 Å². The van der Waals surface area contributed by atoms with Gasteiger partial charge in [-0.3, -0.25) is 19.2 Å². The molecule has 4 atom stereocenters. The molecule has 2 fully saturated rings. The highest BCUT2D eigenvalue weighted by atomic mass is 16.5. The number of Topliss-reactive ketones (excluding diaryl/α,β-unsaturated/α-hetero) is 1. The Morgan fingerprint density at radius 3 is 2.21 bits per heavy atom. The number of hydrogen-bond acceptors (Lipinski definition) is 7. The van der Waals surface area contributed by atoms with Crippen LogP contribution in [0.5, 0.6) is 11.5 Å². The predicted octanol–water partition coefficient (Wildman–Crippen LogP) is 2.60. The number of ketones is 1. The molecule has 8 heteroatoms. The van der Waals surface area contributed by atoms with E-state index in [1.807, 2.05) is 29.2 Å². The lowest BCUT2D eigenvalue weighted by atomic mass is 9.88. The van der Waals surface area contributed by atoms with Crippen LogP contribution in [0.2, 0.25) is 0 Å². The zero-order valence-corrected chi connectivity index (χ0v) is 18.3. The number of fused-ring (bicyclic) bond motifs is 5. The van der Waals surface area contributed by atoms with Crippen molar-refractivity contribution in [2.75, 3.05) is 16.9 Å². The molecule has 0 spiro atoms. The second-order valence-corrected chi connectivity index (χ2v) is 8.39. The number of methoxy groups -OCH3 is 1. The number of carbonyl (C=O) groups excluding carboxylic acids is 4. The number of anilines is 2. The van der Waals surface area contributed by atoms with E-state index in [9.17, 15) is 19.2 Å². The molecule has 0 N–H and O–H groups in total. The van der Waals surface area contributed by atoms with Crippen molar-refractivity contribution in [3.8, 4) is 11.5 Å². The van der Waals surface area contributed by atoms with E-state index in [-0.39, 0.29) is 11.7 Å². The fourth-order valence-corrected chi connectivity index (χ4v) is 5.22. The minimum absolute atomic E-state index is 0.169. The SMILES string of the molecule is COc1ccc2c(c1)C=C[C@H]1[C@H]3C(=O)N(c4ccc(OC(C)=O)cc4)C(=O)[C@@H]3[C@H](C(C)=O)N21. The first kappa shape index (κ1) is 20.9. The first-order valence-electron chi connectivity index (χ1n) is 10.6. The van der Waals surface area contributed by atoms with Gasteiger partial charge in [-0.25, -0.2) is 4.90 Å². The number of esters is 1. The van der Waals surface area contributed by atoms with Gasteiger partial charge in [0.1, 0.15) is 17.5 Å². The highest BCUT2D eigenvalue weighted by Crippen LogP contribution is 2.49. The van der Waals surface area contributed by atoms with Crippen LogP contribution < -0.4 is 19.3 Å². The van der Waals surface area contributed by atoms with E-state index in [4.69, 9.17) is 9.47 Å². The maximum Gasteiger partial charge on any atom is 0.308 e. The van der Waals surface area contributed by atoms with Crippen LogP contribution in [-0.2, 0) is 19.2 Å². The number of amides is 2. The smallest absolute Gasteiger partial charge is 0.308 e. The third kappa shape index (κ3) is 3.13. The first-order valence-corrected chi connectivity index (χ1v) is 10.6. The molecule has 0 saturated carbocycles. The normalized spacial score (nSPS) is 24.9. The molecular formula is C25H22N2O6. The van der Waals surface area contributed by atoms with Crippen molar-refractivity contribution in [3.63, 3.8) is 0 Å². The van der Waals surface area contributed by atoms with Gasteiger partial charge in [0, 0.05) is 18.2 Å². The minimum Gasteiger partial charge on any atom is -0.497 e. The third-order valence-corrected chi connectivity index (χ3v) is 6.49. The van der Waals surface area contributed by atoms with E-state index in [1.54, 1.807) is 25.3 Å². The number of benzene rings is 2. The van der Waals surface area contributed by atoms with Gasteiger partial charge in [0.25, 0.3) is 0 Å². The summed E-state index contributed by atoms with van der Waals surface area (Å²) in [6.07, 6.45) is 3.80. The Labute approximate surface area is 190 Å². The molecular weight excluding hydrogens is 424 g/mol. The van der Waals surface area contributed by atoms with Crippen LogP contribution >= 0.6 is 0 Å². The zero-order chi connectivity index (χ0) is 23.4. The molecule has 0 aliphatic carbocycles. The fraction of sp³-hybridized carbons (Fsp3) is 0.280. The van der Waals surface area contributed by atoms with Gasteiger partial charge in [-0.1, -0.05) is 12.2 Å². The van der Waals surface area contributed by atoms with Crippen molar-refractivity contribution in [2.45, 2.75) is 25.9 Å². The second kappa shape index (κ2) is 7.58. The van der Waals surface area contributed by atoms with Crippen LogP contribution in [0, 0.1) is 11.8 Å². The molecule has 3 heterocycles. The first-order chi connectivity index (χ1) is 15.8. The summed E-state index contributed by atoms with van der Waals surface area (Å²) in [5.41, 5.74) is 2.06. The van der Waals surface area contributed by atoms with Gasteiger partial charge in [0.05, 0.1) is 30.7 Å². The van der Waals surface area contributed by atoms with E-state index in [0.717, 1.165) is 16.2 Å². The molecule has 8 nitrogen and oxygen atoms in total. The zero-order valence-electron chi connectivity index (χ0n) is 18.3. The lowest BCUT2D eigenvalue weighted by Crippen LogP contribution is -2.48. The Balaban J connectivity index is 1.53. The Kier molecular flexibility index (Phi) is 4.81. The maximum atomic E-state index is 13.5. The summed E-state index contributed by atoms with van der Waals surface area (Å²) in [5.74, 6) is -1.83. The van der Waals surface area contributed by atoms with Gasteiger partial charge in [0.2, 0.25) is 11.8 Å². The van der Waals surface area contributed by atoms with Crippen LogP contribution in [0.15, 0.2) is 48.5 Å². The average molecular weight is 446 g/mol. The summed E-state index contributed by atoms with van der Waals surface area (Å²) in [6.45, 7) is 2.75. The van der Waals surface area contributed by atoms with Crippen molar-refractivity contribution in [1.82, 2.24) is 0 Å². The largest absolute Gasteiger partial charge is 0.497 e.